The molecule has 0 aliphatic carbocycles. The molecule has 0 saturated carbocycles. The normalized spacial score (nSPS) is 10.1. The van der Waals surface area contributed by atoms with Crippen LogP contribution in [-0.2, 0) is 0 Å². The second-order valence-electron chi connectivity index (χ2n) is 3.91. The average molecular weight is 269 g/mol. The minimum atomic E-state index is -0.158. The van der Waals surface area contributed by atoms with Crippen molar-refractivity contribution in [2.75, 3.05) is 20.1 Å². The first-order valence-electron chi connectivity index (χ1n) is 5.65. The van der Waals surface area contributed by atoms with Gasteiger partial charge in [-0.2, -0.15) is 0 Å². The highest BCUT2D eigenvalue weighted by Gasteiger charge is 2.16. The summed E-state index contributed by atoms with van der Waals surface area (Å²) in [6.45, 7) is 3.23. The number of carbonyl (C=O) groups is 1. The molecule has 0 bridgehead atoms. The second-order valence-corrected chi connectivity index (χ2v) is 3.91. The third-order valence-corrected chi connectivity index (χ3v) is 2.71. The lowest BCUT2D eigenvalue weighted by Gasteiger charge is -2.02. The molecule has 0 atom stereocenters. The summed E-state index contributed by atoms with van der Waals surface area (Å²) < 4.78 is 5.56. The van der Waals surface area contributed by atoms with E-state index >= 15 is 0 Å². The first-order chi connectivity index (χ1) is 8.24. The average Bonchev–Trinajstić information content (AvgIpc) is 2.68. The molecule has 0 fully saturated rings. The van der Waals surface area contributed by atoms with Crippen LogP contribution < -0.4 is 10.6 Å². The van der Waals surface area contributed by atoms with E-state index in [0.717, 1.165) is 23.1 Å². The number of furan rings is 1. The summed E-state index contributed by atoms with van der Waals surface area (Å²) in [6.07, 6.45) is 0. The number of nitrogens with one attached hydrogen (secondary N) is 2. The van der Waals surface area contributed by atoms with Crippen LogP contribution in [0.15, 0.2) is 28.7 Å². The summed E-state index contributed by atoms with van der Waals surface area (Å²) >= 11 is 0. The molecule has 0 radical (unpaired) electrons. The number of hydrogen-bond donors (Lipinski definition) is 2. The standard InChI is InChI=1S/C13H16N2O2.ClH/c1-9-10-5-3-4-6-11(10)17-12(9)13(16)15-8-7-14-2;/h3-6,14H,7-8H2,1-2H3,(H,15,16);1H. The molecule has 2 aromatic rings. The van der Waals surface area contributed by atoms with Crippen LogP contribution in [-0.4, -0.2) is 26.0 Å². The van der Waals surface area contributed by atoms with E-state index in [-0.39, 0.29) is 18.3 Å². The van der Waals surface area contributed by atoms with Gasteiger partial charge in [-0.1, -0.05) is 18.2 Å². The zero-order valence-electron chi connectivity index (χ0n) is 10.4. The van der Waals surface area contributed by atoms with E-state index < -0.39 is 0 Å². The van der Waals surface area contributed by atoms with Crippen molar-refractivity contribution in [3.63, 3.8) is 0 Å². The zero-order chi connectivity index (χ0) is 12.3. The second kappa shape index (κ2) is 6.42. The molecule has 0 aliphatic heterocycles. The Hall–Kier alpha value is -1.52. The minimum absolute atomic E-state index is 0. The Bertz CT molecular complexity index is 537. The summed E-state index contributed by atoms with van der Waals surface area (Å²) in [7, 11) is 1.85. The van der Waals surface area contributed by atoms with Gasteiger partial charge < -0.3 is 15.1 Å². The van der Waals surface area contributed by atoms with E-state index in [0.29, 0.717) is 12.3 Å². The van der Waals surface area contributed by atoms with E-state index in [2.05, 4.69) is 10.6 Å². The number of fused-ring (bicyclic) bond motifs is 1. The molecule has 0 unspecified atom stereocenters. The van der Waals surface area contributed by atoms with Gasteiger partial charge in [0.2, 0.25) is 0 Å². The molecule has 5 heteroatoms. The maximum atomic E-state index is 11.9. The molecule has 0 spiro atoms. The van der Waals surface area contributed by atoms with Gasteiger partial charge in [-0.3, -0.25) is 4.79 Å². The lowest BCUT2D eigenvalue weighted by molar-refractivity contribution is 0.0928. The Kier molecular flexibility index (Phi) is 5.19. The Morgan fingerprint density at radius 1 is 1.28 bits per heavy atom. The number of para-hydroxylation sites is 1. The van der Waals surface area contributed by atoms with E-state index in [1.54, 1.807) is 0 Å². The highest BCUT2D eigenvalue weighted by molar-refractivity contribution is 5.98. The Labute approximate surface area is 112 Å². The number of rotatable bonds is 4. The van der Waals surface area contributed by atoms with Gasteiger partial charge in [0.25, 0.3) is 5.91 Å². The van der Waals surface area contributed by atoms with Crippen molar-refractivity contribution in [3.8, 4) is 0 Å². The van der Waals surface area contributed by atoms with Gasteiger partial charge in [0.1, 0.15) is 5.58 Å². The first kappa shape index (κ1) is 14.5. The van der Waals surface area contributed by atoms with Crippen LogP contribution in [0.3, 0.4) is 0 Å². The van der Waals surface area contributed by atoms with Crippen LogP contribution in [0.2, 0.25) is 0 Å². The molecule has 1 heterocycles. The number of benzene rings is 1. The van der Waals surface area contributed by atoms with Crippen LogP contribution >= 0.6 is 12.4 Å². The van der Waals surface area contributed by atoms with E-state index in [1.807, 2.05) is 38.2 Å². The summed E-state index contributed by atoms with van der Waals surface area (Å²) in [4.78, 5) is 11.9. The fraction of sp³-hybridized carbons (Fsp3) is 0.308. The quantitative estimate of drug-likeness (QED) is 0.835. The number of aryl methyl sites for hydroxylation is 1. The SMILES string of the molecule is CNCCNC(=O)c1oc2ccccc2c1C.Cl. The Balaban J connectivity index is 0.00000162. The van der Waals surface area contributed by atoms with Gasteiger partial charge in [-0.05, 0) is 20.0 Å². The Morgan fingerprint density at radius 3 is 2.67 bits per heavy atom. The topological polar surface area (TPSA) is 54.3 Å². The first-order valence-corrected chi connectivity index (χ1v) is 5.65. The fourth-order valence-electron chi connectivity index (χ4n) is 1.77. The van der Waals surface area contributed by atoms with E-state index in [1.165, 1.54) is 0 Å². The molecule has 1 aromatic heterocycles. The molecule has 0 saturated heterocycles. The third kappa shape index (κ3) is 2.83. The molecule has 0 aliphatic rings. The lowest BCUT2D eigenvalue weighted by Crippen LogP contribution is -2.30. The summed E-state index contributed by atoms with van der Waals surface area (Å²) in [6, 6.07) is 7.66. The van der Waals surface area contributed by atoms with Gasteiger partial charge in [0, 0.05) is 24.0 Å². The zero-order valence-corrected chi connectivity index (χ0v) is 11.3. The van der Waals surface area contributed by atoms with Crippen molar-refractivity contribution >= 4 is 29.3 Å². The number of likely N-dealkylation sites (N-methyl/N-ethyl adjacent to an activating group) is 1. The number of carbonyl (C=O) groups excluding carboxylic acids is 1. The fourth-order valence-corrected chi connectivity index (χ4v) is 1.77. The molecule has 18 heavy (non-hydrogen) atoms. The van der Waals surface area contributed by atoms with Crippen molar-refractivity contribution in [2.24, 2.45) is 0 Å². The molecule has 4 nitrogen and oxygen atoms in total. The van der Waals surface area contributed by atoms with Crippen molar-refractivity contribution in [2.45, 2.75) is 6.92 Å². The molecule has 98 valence electrons. The van der Waals surface area contributed by atoms with Gasteiger partial charge in [-0.15, -0.1) is 12.4 Å². The monoisotopic (exact) mass is 268 g/mol. The maximum absolute atomic E-state index is 11.9. The predicted molar refractivity (Wildman–Crippen MR) is 74.5 cm³/mol. The predicted octanol–water partition coefficient (Wildman–Crippen LogP) is 2.11. The van der Waals surface area contributed by atoms with Crippen molar-refractivity contribution in [1.29, 1.82) is 0 Å². The molecular formula is C13H17ClN2O2. The van der Waals surface area contributed by atoms with E-state index in [9.17, 15) is 4.79 Å². The molecule has 1 aromatic carbocycles. The number of halogens is 1. The van der Waals surface area contributed by atoms with Gasteiger partial charge in [-0.25, -0.2) is 0 Å². The van der Waals surface area contributed by atoms with Gasteiger partial charge in [0.15, 0.2) is 5.76 Å². The van der Waals surface area contributed by atoms with Crippen LogP contribution in [0.5, 0.6) is 0 Å². The maximum Gasteiger partial charge on any atom is 0.287 e. The van der Waals surface area contributed by atoms with Crippen LogP contribution in [0, 0.1) is 6.92 Å². The lowest BCUT2D eigenvalue weighted by atomic mass is 10.1. The summed E-state index contributed by atoms with van der Waals surface area (Å²) in [5, 5.41) is 6.77. The van der Waals surface area contributed by atoms with Crippen molar-refractivity contribution in [1.82, 2.24) is 10.6 Å². The Morgan fingerprint density at radius 2 is 2.00 bits per heavy atom. The largest absolute Gasteiger partial charge is 0.451 e. The number of hydrogen-bond acceptors (Lipinski definition) is 3. The summed E-state index contributed by atoms with van der Waals surface area (Å²) in [5.41, 5.74) is 1.64. The van der Waals surface area contributed by atoms with E-state index in [4.69, 9.17) is 4.42 Å². The van der Waals surface area contributed by atoms with Crippen molar-refractivity contribution < 1.29 is 9.21 Å². The van der Waals surface area contributed by atoms with Crippen LogP contribution in [0.4, 0.5) is 0 Å². The minimum Gasteiger partial charge on any atom is -0.451 e. The van der Waals surface area contributed by atoms with Gasteiger partial charge >= 0.3 is 0 Å². The summed E-state index contributed by atoms with van der Waals surface area (Å²) in [5.74, 6) is 0.247. The molecular weight excluding hydrogens is 252 g/mol. The highest BCUT2D eigenvalue weighted by atomic mass is 35.5. The third-order valence-electron chi connectivity index (χ3n) is 2.71. The molecule has 1 amide bonds. The molecule has 2 rings (SSSR count). The highest BCUT2D eigenvalue weighted by Crippen LogP contribution is 2.24. The molecule has 2 N–H and O–H groups in total. The smallest absolute Gasteiger partial charge is 0.287 e. The van der Waals surface area contributed by atoms with Gasteiger partial charge in [0.05, 0.1) is 0 Å². The van der Waals surface area contributed by atoms with Crippen molar-refractivity contribution in [3.05, 3.63) is 35.6 Å². The van der Waals surface area contributed by atoms with Crippen LogP contribution in [0.25, 0.3) is 11.0 Å². The van der Waals surface area contributed by atoms with Crippen LogP contribution in [0.1, 0.15) is 16.1 Å². The number of amides is 1.